The van der Waals surface area contributed by atoms with Gasteiger partial charge in [0.2, 0.25) is 10.0 Å². The molecule has 5 nitrogen and oxygen atoms in total. The number of nitrogens with zero attached hydrogens (tertiary/aromatic N) is 1. The van der Waals surface area contributed by atoms with Crippen LogP contribution in [0.5, 0.6) is 0 Å². The van der Waals surface area contributed by atoms with Crippen molar-refractivity contribution in [1.82, 2.24) is 4.90 Å². The number of benzene rings is 1. The van der Waals surface area contributed by atoms with Gasteiger partial charge in [0, 0.05) is 18.2 Å². The Balaban J connectivity index is 2.34. The molecule has 1 aliphatic carbocycles. The van der Waals surface area contributed by atoms with Gasteiger partial charge < -0.3 is 4.90 Å². The lowest BCUT2D eigenvalue weighted by molar-refractivity contribution is 0.0722. The van der Waals surface area contributed by atoms with Gasteiger partial charge >= 0.3 is 0 Å². The Kier molecular flexibility index (Phi) is 4.39. The topological polar surface area (TPSA) is 80.5 Å². The van der Waals surface area contributed by atoms with Crippen LogP contribution in [0.4, 0.5) is 0 Å². The molecule has 0 unspecified atom stereocenters. The Morgan fingerprint density at radius 2 is 2.00 bits per heavy atom. The first kappa shape index (κ1) is 16.0. The zero-order valence-corrected chi connectivity index (χ0v) is 13.5. The van der Waals surface area contributed by atoms with Gasteiger partial charge in [-0.1, -0.05) is 19.9 Å². The monoisotopic (exact) mass is 310 g/mol. The van der Waals surface area contributed by atoms with Crippen LogP contribution in [-0.2, 0) is 10.0 Å². The van der Waals surface area contributed by atoms with Crippen LogP contribution in [-0.4, -0.2) is 31.8 Å². The lowest BCUT2D eigenvalue weighted by atomic mass is 10.1. The number of rotatable bonds is 5. The Hall–Kier alpha value is -1.40. The zero-order valence-electron chi connectivity index (χ0n) is 12.7. The van der Waals surface area contributed by atoms with E-state index in [0.717, 1.165) is 12.8 Å². The first-order valence-electron chi connectivity index (χ1n) is 7.14. The second-order valence-corrected chi connectivity index (χ2v) is 7.64. The molecular weight excluding hydrogens is 288 g/mol. The van der Waals surface area contributed by atoms with Gasteiger partial charge in [-0.15, -0.1) is 0 Å². The summed E-state index contributed by atoms with van der Waals surface area (Å²) in [4.78, 5) is 14.5. The molecule has 0 atom stereocenters. The third-order valence-electron chi connectivity index (χ3n) is 3.55. The number of carbonyl (C=O) groups is 1. The van der Waals surface area contributed by atoms with Crippen molar-refractivity contribution in [2.24, 2.45) is 11.1 Å². The van der Waals surface area contributed by atoms with Crippen LogP contribution in [0.25, 0.3) is 0 Å². The minimum absolute atomic E-state index is 0.0219. The van der Waals surface area contributed by atoms with Crippen molar-refractivity contribution in [3.8, 4) is 0 Å². The normalized spacial score (nSPS) is 15.3. The van der Waals surface area contributed by atoms with Crippen LogP contribution in [0.1, 0.15) is 42.6 Å². The molecule has 0 bridgehead atoms. The maximum atomic E-state index is 12.6. The van der Waals surface area contributed by atoms with Crippen molar-refractivity contribution in [3.05, 3.63) is 29.3 Å². The molecule has 0 radical (unpaired) electrons. The van der Waals surface area contributed by atoms with E-state index in [4.69, 9.17) is 5.14 Å². The molecule has 116 valence electrons. The molecule has 2 rings (SSSR count). The summed E-state index contributed by atoms with van der Waals surface area (Å²) in [5.74, 6) is 0.258. The molecule has 0 heterocycles. The highest BCUT2D eigenvalue weighted by molar-refractivity contribution is 7.89. The van der Waals surface area contributed by atoms with Crippen molar-refractivity contribution < 1.29 is 13.2 Å². The van der Waals surface area contributed by atoms with Crippen molar-refractivity contribution in [2.75, 3.05) is 6.54 Å². The minimum Gasteiger partial charge on any atom is -0.335 e. The third-order valence-corrected chi connectivity index (χ3v) is 4.60. The van der Waals surface area contributed by atoms with Gasteiger partial charge in [-0.3, -0.25) is 4.79 Å². The second-order valence-electron chi connectivity index (χ2n) is 6.11. The summed E-state index contributed by atoms with van der Waals surface area (Å²) in [7, 11) is -3.81. The van der Waals surface area contributed by atoms with Gasteiger partial charge in [0.1, 0.15) is 0 Å². The summed E-state index contributed by atoms with van der Waals surface area (Å²) in [5.41, 5.74) is 0.938. The Morgan fingerprint density at radius 3 is 2.48 bits per heavy atom. The van der Waals surface area contributed by atoms with Crippen LogP contribution in [0.3, 0.4) is 0 Å². The van der Waals surface area contributed by atoms with E-state index in [1.807, 2.05) is 4.90 Å². The molecule has 6 heteroatoms. The van der Waals surface area contributed by atoms with Gasteiger partial charge in [0.25, 0.3) is 5.91 Å². The van der Waals surface area contributed by atoms with Gasteiger partial charge in [-0.2, -0.15) is 0 Å². The molecule has 0 aliphatic heterocycles. The maximum absolute atomic E-state index is 12.6. The first-order valence-corrected chi connectivity index (χ1v) is 8.69. The van der Waals surface area contributed by atoms with E-state index in [1.54, 1.807) is 19.1 Å². The molecule has 0 saturated heterocycles. The van der Waals surface area contributed by atoms with Crippen LogP contribution in [0, 0.1) is 12.8 Å². The van der Waals surface area contributed by atoms with Gasteiger partial charge in [-0.05, 0) is 43.4 Å². The average Bonchev–Trinajstić information content (AvgIpc) is 3.18. The van der Waals surface area contributed by atoms with Crippen LogP contribution < -0.4 is 5.14 Å². The van der Waals surface area contributed by atoms with E-state index in [1.165, 1.54) is 6.07 Å². The van der Waals surface area contributed by atoms with E-state index in [0.29, 0.717) is 29.6 Å². The summed E-state index contributed by atoms with van der Waals surface area (Å²) in [6.45, 7) is 6.48. The summed E-state index contributed by atoms with van der Waals surface area (Å²) in [6, 6.07) is 4.98. The van der Waals surface area contributed by atoms with E-state index < -0.39 is 10.0 Å². The fourth-order valence-corrected chi connectivity index (χ4v) is 3.19. The minimum atomic E-state index is -3.81. The number of carbonyl (C=O) groups excluding carboxylic acids is 1. The molecule has 0 spiro atoms. The molecule has 1 saturated carbocycles. The highest BCUT2D eigenvalue weighted by atomic mass is 32.2. The number of hydrogen-bond acceptors (Lipinski definition) is 3. The summed E-state index contributed by atoms with van der Waals surface area (Å²) < 4.78 is 23.2. The van der Waals surface area contributed by atoms with Gasteiger partial charge in [-0.25, -0.2) is 13.6 Å². The lowest BCUT2D eigenvalue weighted by Crippen LogP contribution is -2.36. The zero-order chi connectivity index (χ0) is 15.8. The van der Waals surface area contributed by atoms with Gasteiger partial charge in [0.05, 0.1) is 4.90 Å². The SMILES string of the molecule is Cc1ccc(C(=O)N(CC(C)C)C2CC2)cc1S(N)(=O)=O. The highest BCUT2D eigenvalue weighted by Crippen LogP contribution is 2.29. The lowest BCUT2D eigenvalue weighted by Gasteiger charge is -2.24. The first-order chi connectivity index (χ1) is 9.70. The average molecular weight is 310 g/mol. The fraction of sp³-hybridized carbons (Fsp3) is 0.533. The third kappa shape index (κ3) is 3.83. The van der Waals surface area contributed by atoms with Crippen LogP contribution in [0.15, 0.2) is 23.1 Å². The summed E-state index contributed by atoms with van der Waals surface area (Å²) >= 11 is 0. The predicted molar refractivity (Wildman–Crippen MR) is 81.4 cm³/mol. The smallest absolute Gasteiger partial charge is 0.254 e. The Bertz CT molecular complexity index is 649. The standard InChI is InChI=1S/C15H22N2O3S/c1-10(2)9-17(13-6-7-13)15(18)12-5-4-11(3)14(8-12)21(16,19)20/h4-5,8,10,13H,6-7,9H2,1-3H3,(H2,16,19,20). The van der Waals surface area contributed by atoms with E-state index in [2.05, 4.69) is 13.8 Å². The Morgan fingerprint density at radius 1 is 1.38 bits per heavy atom. The van der Waals surface area contributed by atoms with E-state index in [-0.39, 0.29) is 10.8 Å². The van der Waals surface area contributed by atoms with Crippen molar-refractivity contribution in [1.29, 1.82) is 0 Å². The van der Waals surface area contributed by atoms with Crippen molar-refractivity contribution in [3.63, 3.8) is 0 Å². The van der Waals surface area contributed by atoms with Crippen molar-refractivity contribution in [2.45, 2.75) is 44.6 Å². The van der Waals surface area contributed by atoms with Crippen LogP contribution in [0.2, 0.25) is 0 Å². The number of primary sulfonamides is 1. The van der Waals surface area contributed by atoms with E-state index >= 15 is 0 Å². The molecule has 1 fully saturated rings. The van der Waals surface area contributed by atoms with Gasteiger partial charge in [0.15, 0.2) is 0 Å². The molecule has 1 aromatic rings. The molecule has 1 aromatic carbocycles. The molecule has 21 heavy (non-hydrogen) atoms. The fourth-order valence-electron chi connectivity index (χ4n) is 2.38. The Labute approximate surface area is 126 Å². The summed E-state index contributed by atoms with van der Waals surface area (Å²) in [6.07, 6.45) is 2.04. The number of sulfonamides is 1. The number of amides is 1. The largest absolute Gasteiger partial charge is 0.335 e. The van der Waals surface area contributed by atoms with Crippen molar-refractivity contribution >= 4 is 15.9 Å². The number of hydrogen-bond donors (Lipinski definition) is 1. The van der Waals surface area contributed by atoms with Crippen LogP contribution >= 0.6 is 0 Å². The quantitative estimate of drug-likeness (QED) is 0.902. The van der Waals surface area contributed by atoms with E-state index in [9.17, 15) is 13.2 Å². The highest BCUT2D eigenvalue weighted by Gasteiger charge is 2.33. The number of aryl methyl sites for hydroxylation is 1. The second kappa shape index (κ2) is 5.77. The molecule has 0 aromatic heterocycles. The predicted octanol–water partition coefficient (Wildman–Crippen LogP) is 1.90. The maximum Gasteiger partial charge on any atom is 0.254 e. The summed E-state index contributed by atoms with van der Waals surface area (Å²) in [5, 5.41) is 5.20. The molecule has 1 aliphatic rings. The molecule has 2 N–H and O–H groups in total. The number of nitrogens with two attached hydrogens (primary N) is 1. The molecule has 1 amide bonds. The molecular formula is C15H22N2O3S.